The van der Waals surface area contributed by atoms with Crippen LogP contribution < -0.4 is 4.74 Å². The fraction of sp³-hybridized carbons (Fsp3) is 0.150. The lowest BCUT2D eigenvalue weighted by Gasteiger charge is -2.18. The van der Waals surface area contributed by atoms with Crippen LogP contribution in [0.25, 0.3) is 6.08 Å². The number of nitrogens with zero attached hydrogens (tertiary/aromatic N) is 1. The fourth-order valence-electron chi connectivity index (χ4n) is 2.53. The third-order valence-electron chi connectivity index (χ3n) is 3.89. The van der Waals surface area contributed by atoms with E-state index in [1.165, 1.54) is 14.0 Å². The molecule has 0 aliphatic carbocycles. The van der Waals surface area contributed by atoms with Crippen LogP contribution in [-0.2, 0) is 14.3 Å². The van der Waals surface area contributed by atoms with E-state index in [4.69, 9.17) is 4.74 Å². The molecule has 1 atom stereocenters. The lowest BCUT2D eigenvalue weighted by atomic mass is 10.2. The van der Waals surface area contributed by atoms with Crippen LogP contribution >= 0.6 is 11.8 Å². The van der Waals surface area contributed by atoms with E-state index in [0.29, 0.717) is 17.1 Å². The first kappa shape index (κ1) is 18.7. The van der Waals surface area contributed by atoms with Crippen LogP contribution in [0.4, 0.5) is 4.79 Å². The highest BCUT2D eigenvalue weighted by Crippen LogP contribution is 2.34. The van der Waals surface area contributed by atoms with Crippen LogP contribution in [0.15, 0.2) is 59.5 Å². The van der Waals surface area contributed by atoms with Crippen LogP contribution in [0.2, 0.25) is 0 Å². The maximum atomic E-state index is 12.5. The number of amides is 2. The van der Waals surface area contributed by atoms with Crippen molar-refractivity contribution >= 4 is 35.0 Å². The first-order valence-corrected chi connectivity index (χ1v) is 8.99. The number of benzene rings is 2. The van der Waals surface area contributed by atoms with Crippen LogP contribution in [0, 0.1) is 0 Å². The third-order valence-corrected chi connectivity index (χ3v) is 4.77. The van der Waals surface area contributed by atoms with E-state index in [2.05, 4.69) is 4.74 Å². The second kappa shape index (κ2) is 8.09. The number of methoxy groups -OCH3 is 1. The summed E-state index contributed by atoms with van der Waals surface area (Å²) in [5.74, 6) is 0.146. The molecular formula is C20H17NO5S. The maximum Gasteiger partial charge on any atom is 0.328 e. The van der Waals surface area contributed by atoms with Gasteiger partial charge in [0.15, 0.2) is 0 Å². The smallest absolute Gasteiger partial charge is 0.328 e. The fourth-order valence-corrected chi connectivity index (χ4v) is 3.44. The van der Waals surface area contributed by atoms with E-state index in [-0.39, 0.29) is 4.91 Å². The highest BCUT2D eigenvalue weighted by Gasteiger charge is 2.41. The van der Waals surface area contributed by atoms with Gasteiger partial charge in [0.2, 0.25) is 0 Å². The second-order valence-electron chi connectivity index (χ2n) is 5.74. The zero-order chi connectivity index (χ0) is 19.4. The molecule has 0 bridgehead atoms. The van der Waals surface area contributed by atoms with E-state index in [0.717, 1.165) is 16.7 Å². The number of esters is 1. The summed E-state index contributed by atoms with van der Waals surface area (Å²) in [5, 5.41) is -0.499. The molecule has 2 aromatic rings. The molecule has 1 heterocycles. The molecule has 1 aliphatic heterocycles. The minimum absolute atomic E-state index is 0.243. The van der Waals surface area contributed by atoms with E-state index >= 15 is 0 Å². The van der Waals surface area contributed by atoms with Gasteiger partial charge in [-0.3, -0.25) is 14.5 Å². The average molecular weight is 383 g/mol. The first-order chi connectivity index (χ1) is 13.0. The molecule has 0 saturated carbocycles. The number of carbonyl (C=O) groups excluding carboxylic acids is 3. The SMILES string of the molecule is COC(=O)[C@@H](C)N1C(=O)S/C(=C/c2cccc(Oc3ccccc3)c2)C1=O. The molecule has 6 nitrogen and oxygen atoms in total. The summed E-state index contributed by atoms with van der Waals surface area (Å²) in [6.07, 6.45) is 1.60. The summed E-state index contributed by atoms with van der Waals surface area (Å²) in [6, 6.07) is 15.5. The Morgan fingerprint density at radius 3 is 2.48 bits per heavy atom. The van der Waals surface area contributed by atoms with Gasteiger partial charge in [-0.25, -0.2) is 4.79 Å². The van der Waals surface area contributed by atoms with Crippen LogP contribution in [0.3, 0.4) is 0 Å². The van der Waals surface area contributed by atoms with E-state index in [1.54, 1.807) is 30.3 Å². The summed E-state index contributed by atoms with van der Waals surface area (Å²) in [5.41, 5.74) is 0.708. The number of imide groups is 1. The molecule has 138 valence electrons. The molecule has 3 rings (SSSR count). The Kier molecular flexibility index (Phi) is 5.61. The van der Waals surface area contributed by atoms with Crippen LogP contribution in [0.1, 0.15) is 12.5 Å². The maximum absolute atomic E-state index is 12.5. The van der Waals surface area contributed by atoms with E-state index in [9.17, 15) is 14.4 Å². The van der Waals surface area contributed by atoms with Crippen LogP contribution in [0.5, 0.6) is 11.5 Å². The van der Waals surface area contributed by atoms with Crippen molar-refractivity contribution in [3.63, 3.8) is 0 Å². The monoisotopic (exact) mass is 383 g/mol. The number of hydrogen-bond donors (Lipinski definition) is 0. The predicted molar refractivity (Wildman–Crippen MR) is 102 cm³/mol. The minimum Gasteiger partial charge on any atom is -0.467 e. The molecular weight excluding hydrogens is 366 g/mol. The van der Waals surface area contributed by atoms with Gasteiger partial charge in [0.1, 0.15) is 17.5 Å². The Hall–Kier alpha value is -3.06. The highest BCUT2D eigenvalue weighted by molar-refractivity contribution is 8.18. The number of hydrogen-bond acceptors (Lipinski definition) is 6. The van der Waals surface area contributed by atoms with E-state index in [1.807, 2.05) is 30.3 Å². The first-order valence-electron chi connectivity index (χ1n) is 8.17. The minimum atomic E-state index is -0.971. The lowest BCUT2D eigenvalue weighted by molar-refractivity contribution is -0.148. The van der Waals surface area contributed by atoms with Crippen molar-refractivity contribution < 1.29 is 23.9 Å². The molecule has 2 aromatic carbocycles. The zero-order valence-electron chi connectivity index (χ0n) is 14.7. The molecule has 0 radical (unpaired) electrons. The van der Waals surface area contributed by atoms with Gasteiger partial charge in [0.05, 0.1) is 12.0 Å². The van der Waals surface area contributed by atoms with Crippen molar-refractivity contribution in [2.24, 2.45) is 0 Å². The van der Waals surface area contributed by atoms with Crippen molar-refractivity contribution in [1.82, 2.24) is 4.90 Å². The molecule has 2 amide bonds. The van der Waals surface area contributed by atoms with Gasteiger partial charge >= 0.3 is 5.97 Å². The molecule has 0 unspecified atom stereocenters. The van der Waals surface area contributed by atoms with Crippen molar-refractivity contribution in [3.05, 3.63) is 65.1 Å². The average Bonchev–Trinajstić information content (AvgIpc) is 2.95. The molecule has 0 spiro atoms. The number of thioether (sulfide) groups is 1. The Bertz CT molecular complexity index is 910. The van der Waals surface area contributed by atoms with Crippen LogP contribution in [-0.4, -0.2) is 35.2 Å². The number of para-hydroxylation sites is 1. The standard InChI is InChI=1S/C20H17NO5S/c1-13(19(23)25-2)21-18(22)17(27-20(21)24)12-14-7-6-10-16(11-14)26-15-8-4-3-5-9-15/h3-13H,1-2H3/b17-12+/t13-/m1/s1. The predicted octanol–water partition coefficient (Wildman–Crippen LogP) is 4.08. The van der Waals surface area contributed by atoms with Crippen molar-refractivity contribution in [1.29, 1.82) is 0 Å². The number of ether oxygens (including phenoxy) is 2. The zero-order valence-corrected chi connectivity index (χ0v) is 15.6. The summed E-state index contributed by atoms with van der Waals surface area (Å²) in [6.45, 7) is 1.46. The van der Waals surface area contributed by atoms with Crippen molar-refractivity contribution in [3.8, 4) is 11.5 Å². The number of carbonyl (C=O) groups is 3. The Balaban J connectivity index is 1.81. The van der Waals surface area contributed by atoms with E-state index < -0.39 is 23.2 Å². The molecule has 7 heteroatoms. The summed E-state index contributed by atoms with van der Waals surface area (Å²) >= 11 is 0.793. The lowest BCUT2D eigenvalue weighted by Crippen LogP contribution is -2.42. The van der Waals surface area contributed by atoms with Gasteiger partial charge in [-0.1, -0.05) is 30.3 Å². The summed E-state index contributed by atoms with van der Waals surface area (Å²) < 4.78 is 10.4. The topological polar surface area (TPSA) is 72.9 Å². The Morgan fingerprint density at radius 2 is 1.78 bits per heavy atom. The van der Waals surface area contributed by atoms with Gasteiger partial charge in [-0.15, -0.1) is 0 Å². The van der Waals surface area contributed by atoms with Gasteiger partial charge in [-0.05, 0) is 54.6 Å². The van der Waals surface area contributed by atoms with Gasteiger partial charge in [0, 0.05) is 0 Å². The largest absolute Gasteiger partial charge is 0.467 e. The molecule has 1 fully saturated rings. The van der Waals surface area contributed by atoms with Gasteiger partial charge in [0.25, 0.3) is 11.1 Å². The molecule has 0 N–H and O–H groups in total. The third kappa shape index (κ3) is 4.20. The highest BCUT2D eigenvalue weighted by atomic mass is 32.2. The van der Waals surface area contributed by atoms with Crippen molar-refractivity contribution in [2.45, 2.75) is 13.0 Å². The Morgan fingerprint density at radius 1 is 1.07 bits per heavy atom. The number of rotatable bonds is 5. The van der Waals surface area contributed by atoms with Gasteiger partial charge in [-0.2, -0.15) is 0 Å². The van der Waals surface area contributed by atoms with Crippen molar-refractivity contribution in [2.75, 3.05) is 7.11 Å². The molecule has 1 saturated heterocycles. The summed E-state index contributed by atoms with van der Waals surface area (Å²) in [7, 11) is 1.21. The quantitative estimate of drug-likeness (QED) is 0.572. The normalized spacial score (nSPS) is 16.5. The summed E-state index contributed by atoms with van der Waals surface area (Å²) in [4.78, 5) is 37.5. The molecule has 1 aliphatic rings. The second-order valence-corrected chi connectivity index (χ2v) is 6.73. The molecule has 0 aromatic heterocycles. The Labute approximate surface area is 160 Å². The molecule has 27 heavy (non-hydrogen) atoms. The van der Waals surface area contributed by atoms with Gasteiger partial charge < -0.3 is 9.47 Å².